The molecule has 1 N–H and O–H groups in total. The number of rotatable bonds is 4. The maximum atomic E-state index is 11.0. The Kier molecular flexibility index (Phi) is 4.20. The summed E-state index contributed by atoms with van der Waals surface area (Å²) in [7, 11) is 0. The van der Waals surface area contributed by atoms with Gasteiger partial charge >= 0.3 is 0 Å². The highest BCUT2D eigenvalue weighted by Crippen LogP contribution is 2.64. The van der Waals surface area contributed by atoms with E-state index in [2.05, 4.69) is 25.2 Å². The van der Waals surface area contributed by atoms with Crippen molar-refractivity contribution in [3.8, 4) is 0 Å². The van der Waals surface area contributed by atoms with Crippen LogP contribution in [-0.2, 0) is 14.3 Å². The number of allylic oxidation sites excluding steroid dienone is 1. The third-order valence-electron chi connectivity index (χ3n) is 8.58. The number of carbonyl (C=O) groups excluding carboxylic acids is 2. The molecule has 2 unspecified atom stereocenters. The van der Waals surface area contributed by atoms with Gasteiger partial charge in [0.2, 0.25) is 6.41 Å². The maximum absolute atomic E-state index is 11.0. The molecule has 4 aliphatic carbocycles. The molecule has 4 heteroatoms. The van der Waals surface area contributed by atoms with Gasteiger partial charge in [0, 0.05) is 12.5 Å². The summed E-state index contributed by atoms with van der Waals surface area (Å²) in [4.78, 5) is 21.7. The second kappa shape index (κ2) is 6.14. The van der Waals surface area contributed by atoms with E-state index in [4.69, 9.17) is 4.74 Å². The predicted molar refractivity (Wildman–Crippen MR) is 95.6 cm³/mol. The molecule has 4 nitrogen and oxygen atoms in total. The van der Waals surface area contributed by atoms with Crippen molar-refractivity contribution in [3.05, 3.63) is 11.6 Å². The first-order valence-electron chi connectivity index (χ1n) is 10.0. The zero-order valence-corrected chi connectivity index (χ0v) is 15.5. The van der Waals surface area contributed by atoms with Gasteiger partial charge in [-0.2, -0.15) is 0 Å². The van der Waals surface area contributed by atoms with E-state index in [1.165, 1.54) is 24.8 Å². The summed E-state index contributed by atoms with van der Waals surface area (Å²) in [6.07, 6.45) is 12.5. The molecule has 0 bridgehead atoms. The molecule has 4 rings (SSSR count). The van der Waals surface area contributed by atoms with Crippen LogP contribution in [0.2, 0.25) is 0 Å². The monoisotopic (exact) mass is 345 g/mol. The van der Waals surface area contributed by atoms with Crippen LogP contribution in [0.1, 0.15) is 65.2 Å². The average molecular weight is 345 g/mol. The Morgan fingerprint density at radius 3 is 2.72 bits per heavy atom. The molecule has 0 aromatic carbocycles. The van der Waals surface area contributed by atoms with Crippen molar-refractivity contribution in [1.82, 2.24) is 5.32 Å². The highest BCUT2D eigenvalue weighted by Gasteiger charge is 2.58. The van der Waals surface area contributed by atoms with Crippen LogP contribution in [0.25, 0.3) is 0 Å². The maximum Gasteiger partial charge on any atom is 0.293 e. The van der Waals surface area contributed by atoms with E-state index in [-0.39, 0.29) is 16.9 Å². The van der Waals surface area contributed by atoms with Gasteiger partial charge in [0.05, 0.1) is 0 Å². The van der Waals surface area contributed by atoms with Gasteiger partial charge in [-0.1, -0.05) is 25.5 Å². The molecule has 3 saturated carbocycles. The molecule has 0 saturated heterocycles. The summed E-state index contributed by atoms with van der Waals surface area (Å²) in [5.41, 5.74) is 2.08. The molecule has 0 aliphatic heterocycles. The molecule has 3 fully saturated rings. The van der Waals surface area contributed by atoms with Crippen LogP contribution in [0.15, 0.2) is 11.6 Å². The number of hydrogen-bond donors (Lipinski definition) is 1. The van der Waals surface area contributed by atoms with E-state index in [0.29, 0.717) is 12.5 Å². The van der Waals surface area contributed by atoms with Crippen molar-refractivity contribution in [1.29, 1.82) is 0 Å². The standard InChI is InChI=1S/C21H31NO3/c1-20-9-7-15(25-13-24)11-14(20)3-4-16-17-5-6-19(22-12-23)21(17,2)10-8-18(16)20/h3,12-13,15-19H,4-11H2,1-2H3,(H,22,23)/t15?,16-,17-,18-,19?,20-,21-/m0/s1. The van der Waals surface area contributed by atoms with E-state index in [0.717, 1.165) is 56.3 Å². The molecule has 4 aliphatic rings. The largest absolute Gasteiger partial charge is 0.464 e. The fraction of sp³-hybridized carbons (Fsp3) is 0.810. The van der Waals surface area contributed by atoms with Crippen molar-refractivity contribution >= 4 is 12.9 Å². The first-order valence-corrected chi connectivity index (χ1v) is 10.0. The van der Waals surface area contributed by atoms with Crippen molar-refractivity contribution in [2.75, 3.05) is 0 Å². The van der Waals surface area contributed by atoms with Crippen LogP contribution >= 0.6 is 0 Å². The summed E-state index contributed by atoms with van der Waals surface area (Å²) in [5.74, 6) is 2.22. The number of carbonyl (C=O) groups is 2. The van der Waals surface area contributed by atoms with E-state index in [9.17, 15) is 9.59 Å². The Balaban J connectivity index is 1.59. The number of fused-ring (bicyclic) bond motifs is 5. The molecule has 25 heavy (non-hydrogen) atoms. The lowest BCUT2D eigenvalue weighted by Gasteiger charge is -2.58. The first kappa shape index (κ1) is 17.1. The Morgan fingerprint density at radius 1 is 1.12 bits per heavy atom. The molecule has 0 aromatic rings. The van der Waals surface area contributed by atoms with Gasteiger partial charge in [-0.05, 0) is 73.5 Å². The molecular formula is C21H31NO3. The summed E-state index contributed by atoms with van der Waals surface area (Å²) < 4.78 is 5.28. The van der Waals surface area contributed by atoms with Gasteiger partial charge in [0.1, 0.15) is 6.10 Å². The van der Waals surface area contributed by atoms with Gasteiger partial charge < -0.3 is 10.1 Å². The summed E-state index contributed by atoms with van der Waals surface area (Å²) >= 11 is 0. The van der Waals surface area contributed by atoms with Crippen molar-refractivity contribution < 1.29 is 14.3 Å². The average Bonchev–Trinajstić information content (AvgIpc) is 2.93. The van der Waals surface area contributed by atoms with Crippen LogP contribution in [0.3, 0.4) is 0 Å². The smallest absolute Gasteiger partial charge is 0.293 e. The SMILES string of the molecule is C[C@]12CCC(OC=O)CC1=CC[C@@H]1[C@@H]2CC[C@]2(C)C(NC=O)CC[C@@H]12. The topological polar surface area (TPSA) is 55.4 Å². The second-order valence-corrected chi connectivity index (χ2v) is 9.32. The summed E-state index contributed by atoms with van der Waals surface area (Å²) in [6.45, 7) is 5.49. The van der Waals surface area contributed by atoms with Gasteiger partial charge in [-0.15, -0.1) is 0 Å². The van der Waals surface area contributed by atoms with Gasteiger partial charge in [0.25, 0.3) is 6.47 Å². The number of ether oxygens (including phenoxy) is 1. The molecule has 0 aromatic heterocycles. The van der Waals surface area contributed by atoms with Gasteiger partial charge in [-0.25, -0.2) is 0 Å². The van der Waals surface area contributed by atoms with Crippen molar-refractivity contribution in [3.63, 3.8) is 0 Å². The van der Waals surface area contributed by atoms with E-state index in [1.54, 1.807) is 0 Å². The van der Waals surface area contributed by atoms with Gasteiger partial charge in [0.15, 0.2) is 0 Å². The highest BCUT2D eigenvalue weighted by molar-refractivity contribution is 5.47. The Bertz CT molecular complexity index is 588. The van der Waals surface area contributed by atoms with Crippen LogP contribution in [-0.4, -0.2) is 25.0 Å². The third kappa shape index (κ3) is 2.47. The Morgan fingerprint density at radius 2 is 1.96 bits per heavy atom. The van der Waals surface area contributed by atoms with Crippen LogP contribution < -0.4 is 5.32 Å². The van der Waals surface area contributed by atoms with Gasteiger partial charge in [-0.3, -0.25) is 9.59 Å². The Hall–Kier alpha value is -1.32. The number of nitrogens with one attached hydrogen (secondary N) is 1. The molecule has 1 amide bonds. The molecule has 0 radical (unpaired) electrons. The van der Waals surface area contributed by atoms with Crippen LogP contribution in [0, 0.1) is 28.6 Å². The molecular weight excluding hydrogens is 314 g/mol. The third-order valence-corrected chi connectivity index (χ3v) is 8.58. The molecule has 7 atom stereocenters. The van der Waals surface area contributed by atoms with Crippen molar-refractivity contribution in [2.45, 2.75) is 77.4 Å². The minimum atomic E-state index is 0.0786. The van der Waals surface area contributed by atoms with Crippen LogP contribution in [0.5, 0.6) is 0 Å². The highest BCUT2D eigenvalue weighted by atomic mass is 16.5. The quantitative estimate of drug-likeness (QED) is 0.625. The lowest BCUT2D eigenvalue weighted by atomic mass is 9.48. The zero-order valence-electron chi connectivity index (χ0n) is 15.5. The molecule has 0 spiro atoms. The minimum absolute atomic E-state index is 0.0786. The predicted octanol–water partition coefficient (Wildman–Crippen LogP) is 3.61. The fourth-order valence-corrected chi connectivity index (χ4v) is 7.18. The zero-order chi connectivity index (χ0) is 17.7. The first-order chi connectivity index (χ1) is 12.0. The minimum Gasteiger partial charge on any atom is -0.464 e. The van der Waals surface area contributed by atoms with Crippen LogP contribution in [0.4, 0.5) is 0 Å². The molecule has 138 valence electrons. The summed E-state index contributed by atoms with van der Waals surface area (Å²) in [5, 5.41) is 3.12. The molecule has 0 heterocycles. The lowest BCUT2D eigenvalue weighted by molar-refractivity contribution is -0.136. The van der Waals surface area contributed by atoms with E-state index >= 15 is 0 Å². The lowest BCUT2D eigenvalue weighted by Crippen LogP contribution is -2.53. The Labute approximate surface area is 150 Å². The summed E-state index contributed by atoms with van der Waals surface area (Å²) in [6, 6.07) is 0.353. The van der Waals surface area contributed by atoms with E-state index in [1.807, 2.05) is 0 Å². The second-order valence-electron chi connectivity index (χ2n) is 9.32. The van der Waals surface area contributed by atoms with E-state index < -0.39 is 0 Å². The fourth-order valence-electron chi connectivity index (χ4n) is 7.18. The number of hydrogen-bond acceptors (Lipinski definition) is 3. The normalized spacial score (nSPS) is 48.4. The number of amides is 1. The van der Waals surface area contributed by atoms with Crippen molar-refractivity contribution in [2.24, 2.45) is 28.6 Å².